The first-order valence-corrected chi connectivity index (χ1v) is 14.2. The maximum atomic E-state index is 14.3. The van der Waals surface area contributed by atoms with Crippen LogP contribution in [-0.4, -0.2) is 68.5 Å². The largest absolute Gasteiger partial charge is 0.394 e. The van der Waals surface area contributed by atoms with Crippen molar-refractivity contribution >= 4 is 29.5 Å². The van der Waals surface area contributed by atoms with Gasteiger partial charge in [-0.2, -0.15) is 0 Å². The van der Waals surface area contributed by atoms with Crippen LogP contribution in [0.3, 0.4) is 0 Å². The van der Waals surface area contributed by atoms with Gasteiger partial charge in [0.2, 0.25) is 17.7 Å². The number of carbonyl (C=O) groups excluding carboxylic acids is 3. The van der Waals surface area contributed by atoms with E-state index < -0.39 is 39.0 Å². The van der Waals surface area contributed by atoms with Crippen molar-refractivity contribution in [2.45, 2.75) is 94.3 Å². The molecule has 1 aromatic carbocycles. The lowest BCUT2D eigenvalue weighted by atomic mass is 9.66. The number of aliphatic hydroxyl groups excluding tert-OH is 1. The molecule has 4 rings (SSSR count). The average molecular weight is 530 g/mol. The van der Waals surface area contributed by atoms with E-state index in [1.54, 1.807) is 23.7 Å². The van der Waals surface area contributed by atoms with E-state index in [0.29, 0.717) is 12.8 Å². The second-order valence-corrected chi connectivity index (χ2v) is 15.1. The van der Waals surface area contributed by atoms with Gasteiger partial charge in [0.1, 0.15) is 6.04 Å². The van der Waals surface area contributed by atoms with E-state index in [-0.39, 0.29) is 29.7 Å². The molecule has 37 heavy (non-hydrogen) atoms. The van der Waals surface area contributed by atoms with Crippen LogP contribution in [-0.2, 0) is 20.8 Å². The summed E-state index contributed by atoms with van der Waals surface area (Å²) in [7, 11) is 1.61. The smallest absolute Gasteiger partial charge is 0.244 e. The van der Waals surface area contributed by atoms with Crippen molar-refractivity contribution < 1.29 is 19.5 Å². The van der Waals surface area contributed by atoms with Gasteiger partial charge in [-0.25, -0.2) is 0 Å². The number of fused-ring (bicyclic) bond motifs is 1. The molecule has 0 aromatic heterocycles. The molecule has 2 bridgehead atoms. The minimum absolute atomic E-state index is 0.00206. The van der Waals surface area contributed by atoms with Crippen LogP contribution >= 0.6 is 11.8 Å². The zero-order valence-electron chi connectivity index (χ0n) is 23.3. The van der Waals surface area contributed by atoms with Crippen LogP contribution in [0, 0.1) is 17.3 Å². The van der Waals surface area contributed by atoms with E-state index >= 15 is 0 Å². The van der Waals surface area contributed by atoms with Gasteiger partial charge in [-0.05, 0) is 57.4 Å². The van der Waals surface area contributed by atoms with Crippen molar-refractivity contribution in [3.05, 3.63) is 35.9 Å². The van der Waals surface area contributed by atoms with Crippen LogP contribution in [0.2, 0.25) is 0 Å². The normalized spacial score (nSPS) is 31.8. The topological polar surface area (TPSA) is 98.7 Å². The van der Waals surface area contributed by atoms with Gasteiger partial charge in [-0.3, -0.25) is 14.4 Å². The molecule has 3 fully saturated rings. The monoisotopic (exact) mass is 529 g/mol. The number of nitrogens with zero attached hydrogens (tertiary/aromatic N) is 1. The fraction of sp³-hybridized carbons (Fsp3) is 0.690. The highest BCUT2D eigenvalue weighted by atomic mass is 32.2. The molecular weight excluding hydrogens is 486 g/mol. The Kier molecular flexibility index (Phi) is 7.25. The van der Waals surface area contributed by atoms with Crippen LogP contribution in [0.4, 0.5) is 0 Å². The molecule has 2 unspecified atom stereocenters. The summed E-state index contributed by atoms with van der Waals surface area (Å²) >= 11 is 1.66. The average Bonchev–Trinajstić information content (AvgIpc) is 3.36. The lowest BCUT2D eigenvalue weighted by molar-refractivity contribution is -0.143. The highest BCUT2D eigenvalue weighted by molar-refractivity contribution is 8.02. The molecule has 204 valence electrons. The third kappa shape index (κ3) is 4.91. The zero-order chi connectivity index (χ0) is 27.4. The van der Waals surface area contributed by atoms with E-state index in [9.17, 15) is 19.5 Å². The summed E-state index contributed by atoms with van der Waals surface area (Å²) in [5, 5.41) is 16.6. The fourth-order valence-electron chi connectivity index (χ4n) is 7.52. The standard InChI is InChI=1S/C29H43N3O4S/c1-26(2,3)17-27(4,5)31-24(35)22-29-14-13-28(6,37-29)20(23(34)30-7)21(29)25(36)32(22)19(16-33)15-18-11-9-8-10-12-18/h8-12,19-22,33H,13-17H2,1-7H3,(H,30,34)(H,31,35)/t19-,20+,21+,22?,28-,29?/m1/s1. The number of thioether (sulfide) groups is 1. The molecule has 8 heteroatoms. The summed E-state index contributed by atoms with van der Waals surface area (Å²) in [5.74, 6) is -1.63. The Morgan fingerprint density at radius 3 is 2.35 bits per heavy atom. The molecule has 1 spiro atoms. The maximum Gasteiger partial charge on any atom is 0.244 e. The third-order valence-corrected chi connectivity index (χ3v) is 10.3. The van der Waals surface area contributed by atoms with E-state index in [1.807, 2.05) is 44.2 Å². The van der Waals surface area contributed by atoms with Crippen LogP contribution in [0.5, 0.6) is 0 Å². The molecule has 7 nitrogen and oxygen atoms in total. The molecule has 3 aliphatic heterocycles. The summed E-state index contributed by atoms with van der Waals surface area (Å²) in [6, 6.07) is 8.42. The second kappa shape index (κ2) is 9.60. The molecule has 0 aliphatic carbocycles. The number of aliphatic hydroxyl groups is 1. The number of benzene rings is 1. The first kappa shape index (κ1) is 28.0. The van der Waals surface area contributed by atoms with E-state index in [0.717, 1.165) is 18.4 Å². The molecule has 3 heterocycles. The number of amides is 3. The lowest BCUT2D eigenvalue weighted by Gasteiger charge is -2.40. The minimum Gasteiger partial charge on any atom is -0.394 e. The van der Waals surface area contributed by atoms with Gasteiger partial charge in [0.15, 0.2) is 0 Å². The van der Waals surface area contributed by atoms with Gasteiger partial charge in [-0.15, -0.1) is 11.8 Å². The predicted molar refractivity (Wildman–Crippen MR) is 147 cm³/mol. The molecule has 1 aromatic rings. The van der Waals surface area contributed by atoms with Crippen LogP contribution in [0.25, 0.3) is 0 Å². The number of hydrogen-bond donors (Lipinski definition) is 3. The fourth-order valence-corrected chi connectivity index (χ4v) is 9.86. The number of rotatable bonds is 8. The molecule has 0 radical (unpaired) electrons. The summed E-state index contributed by atoms with van der Waals surface area (Å²) in [4.78, 5) is 43.3. The Bertz CT molecular complexity index is 1050. The Morgan fingerprint density at radius 2 is 1.78 bits per heavy atom. The highest BCUT2D eigenvalue weighted by Crippen LogP contribution is 2.71. The highest BCUT2D eigenvalue weighted by Gasteiger charge is 2.77. The van der Waals surface area contributed by atoms with Crippen molar-refractivity contribution in [1.29, 1.82) is 0 Å². The van der Waals surface area contributed by atoms with Crippen LogP contribution in [0.15, 0.2) is 30.3 Å². The van der Waals surface area contributed by atoms with E-state index in [2.05, 4.69) is 38.3 Å². The van der Waals surface area contributed by atoms with Gasteiger partial charge < -0.3 is 20.6 Å². The van der Waals surface area contributed by atoms with Crippen LogP contribution in [0.1, 0.15) is 66.4 Å². The Balaban J connectivity index is 1.77. The number of carbonyl (C=O) groups is 3. The summed E-state index contributed by atoms with van der Waals surface area (Å²) in [6.07, 6.45) is 2.66. The van der Waals surface area contributed by atoms with Crippen molar-refractivity contribution in [3.8, 4) is 0 Å². The zero-order valence-corrected chi connectivity index (χ0v) is 24.1. The molecule has 0 saturated carbocycles. The summed E-state index contributed by atoms with van der Waals surface area (Å²) < 4.78 is -1.10. The molecular formula is C29H43N3O4S. The Labute approximate surface area is 225 Å². The Hall–Kier alpha value is -2.06. The molecule has 3 aliphatic rings. The summed E-state index contributed by atoms with van der Waals surface area (Å²) in [5.41, 5.74) is 0.503. The number of hydrogen-bond acceptors (Lipinski definition) is 5. The van der Waals surface area contributed by atoms with Gasteiger partial charge in [0.25, 0.3) is 0 Å². The Morgan fingerprint density at radius 1 is 1.14 bits per heavy atom. The first-order valence-electron chi connectivity index (χ1n) is 13.4. The summed E-state index contributed by atoms with van der Waals surface area (Å²) in [6.45, 7) is 12.3. The van der Waals surface area contributed by atoms with Gasteiger partial charge in [0, 0.05) is 17.3 Å². The van der Waals surface area contributed by atoms with Gasteiger partial charge in [0.05, 0.1) is 29.2 Å². The number of nitrogens with one attached hydrogen (secondary N) is 2. The van der Waals surface area contributed by atoms with Crippen molar-refractivity contribution in [3.63, 3.8) is 0 Å². The van der Waals surface area contributed by atoms with Crippen LogP contribution < -0.4 is 10.6 Å². The van der Waals surface area contributed by atoms with E-state index in [4.69, 9.17) is 0 Å². The SMILES string of the molecule is CNC(=O)[C@@H]1[C@H]2C(=O)N([C@@H](CO)Cc3ccccc3)C(C(=O)NC(C)(C)CC(C)(C)C)C23CC[C@@]1(C)S3. The molecule has 3 N–H and O–H groups in total. The van der Waals surface area contributed by atoms with Crippen molar-refractivity contribution in [2.24, 2.45) is 17.3 Å². The molecule has 6 atom stereocenters. The predicted octanol–water partition coefficient (Wildman–Crippen LogP) is 3.15. The second-order valence-electron chi connectivity index (χ2n) is 13.2. The minimum atomic E-state index is -0.758. The lowest BCUT2D eigenvalue weighted by Crippen LogP contribution is -2.60. The van der Waals surface area contributed by atoms with Crippen molar-refractivity contribution in [2.75, 3.05) is 13.7 Å². The molecule has 3 amide bonds. The van der Waals surface area contributed by atoms with Gasteiger partial charge >= 0.3 is 0 Å². The van der Waals surface area contributed by atoms with Crippen molar-refractivity contribution in [1.82, 2.24) is 15.5 Å². The van der Waals surface area contributed by atoms with E-state index in [1.165, 1.54) is 0 Å². The molecule has 3 saturated heterocycles. The van der Waals surface area contributed by atoms with Gasteiger partial charge in [-0.1, -0.05) is 51.1 Å². The quantitative estimate of drug-likeness (QED) is 0.481. The first-order chi connectivity index (χ1) is 17.2. The maximum absolute atomic E-state index is 14.3. The third-order valence-electron chi connectivity index (χ3n) is 8.34. The number of likely N-dealkylation sites (tertiary alicyclic amines) is 1.